The molecular weight excluding hydrogens is 437 g/mol. The number of carbonyl (C=O) groups excluding carboxylic acids is 1. The van der Waals surface area contributed by atoms with Gasteiger partial charge in [-0.2, -0.15) is 0 Å². The molecule has 2 aromatic carbocycles. The van der Waals surface area contributed by atoms with Gasteiger partial charge in [-0.05, 0) is 37.3 Å². The number of carbonyl (C=O) groups is 1. The summed E-state index contributed by atoms with van der Waals surface area (Å²) in [6.07, 6.45) is 0. The zero-order valence-corrected chi connectivity index (χ0v) is 17.5. The van der Waals surface area contributed by atoms with E-state index in [4.69, 9.17) is 23.2 Å². The summed E-state index contributed by atoms with van der Waals surface area (Å²) in [6.45, 7) is 2.57. The highest BCUT2D eigenvalue weighted by Gasteiger charge is 2.16. The first kappa shape index (κ1) is 21.1. The van der Waals surface area contributed by atoms with Gasteiger partial charge in [0, 0.05) is 29.3 Å². The smallest absolute Gasteiger partial charge is 0.271 e. The summed E-state index contributed by atoms with van der Waals surface area (Å²) in [6, 6.07) is 11.1. The summed E-state index contributed by atoms with van der Waals surface area (Å²) in [5.74, 6) is 0.350. The van der Waals surface area contributed by atoms with Gasteiger partial charge >= 0.3 is 0 Å². The first-order valence-electron chi connectivity index (χ1n) is 8.44. The van der Waals surface area contributed by atoms with Crippen molar-refractivity contribution in [3.05, 3.63) is 62.6 Å². The molecule has 0 unspecified atom stereocenters. The van der Waals surface area contributed by atoms with Crippen molar-refractivity contribution in [2.75, 3.05) is 11.1 Å². The number of halogens is 2. The fourth-order valence-corrected chi connectivity index (χ4v) is 3.63. The molecule has 0 aliphatic rings. The summed E-state index contributed by atoms with van der Waals surface area (Å²) in [7, 11) is 0. The van der Waals surface area contributed by atoms with Crippen LogP contribution in [0.5, 0.6) is 0 Å². The van der Waals surface area contributed by atoms with Crippen LogP contribution in [-0.4, -0.2) is 31.3 Å². The van der Waals surface area contributed by atoms with Gasteiger partial charge in [-0.3, -0.25) is 14.9 Å². The first-order valence-corrected chi connectivity index (χ1v) is 10.2. The van der Waals surface area contributed by atoms with Crippen molar-refractivity contribution < 1.29 is 9.72 Å². The molecule has 1 heterocycles. The van der Waals surface area contributed by atoms with Crippen LogP contribution in [0.4, 0.5) is 11.4 Å². The molecule has 150 valence electrons. The molecule has 0 aliphatic carbocycles. The zero-order chi connectivity index (χ0) is 21.0. The Morgan fingerprint density at radius 3 is 2.59 bits per heavy atom. The molecule has 0 saturated carbocycles. The normalized spacial score (nSPS) is 10.7. The summed E-state index contributed by atoms with van der Waals surface area (Å²) < 4.78 is 1.89. The lowest BCUT2D eigenvalue weighted by Gasteiger charge is -2.09. The summed E-state index contributed by atoms with van der Waals surface area (Å²) in [4.78, 5) is 22.6. The Hall–Kier alpha value is -2.62. The second-order valence-electron chi connectivity index (χ2n) is 5.82. The van der Waals surface area contributed by atoms with Gasteiger partial charge in [0.1, 0.15) is 0 Å². The molecule has 3 rings (SSSR count). The molecule has 11 heteroatoms. The maximum atomic E-state index is 12.3. The van der Waals surface area contributed by atoms with Gasteiger partial charge < -0.3 is 9.88 Å². The topological polar surface area (TPSA) is 103 Å². The summed E-state index contributed by atoms with van der Waals surface area (Å²) >= 11 is 13.1. The van der Waals surface area contributed by atoms with Crippen molar-refractivity contribution in [1.29, 1.82) is 0 Å². The van der Waals surface area contributed by atoms with Crippen molar-refractivity contribution in [2.45, 2.75) is 18.6 Å². The SMILES string of the molecule is CCn1c(SCC(=O)Nc2cc([N+](=O)[O-])ccc2Cl)nnc1-c1ccc(Cl)cc1. The quantitative estimate of drug-likeness (QED) is 0.310. The molecule has 1 N–H and O–H groups in total. The second kappa shape index (κ2) is 9.25. The Morgan fingerprint density at radius 2 is 1.93 bits per heavy atom. The van der Waals surface area contributed by atoms with Crippen molar-refractivity contribution in [2.24, 2.45) is 0 Å². The molecule has 0 bridgehead atoms. The van der Waals surface area contributed by atoms with Crippen LogP contribution >= 0.6 is 35.0 Å². The van der Waals surface area contributed by atoms with Crippen LogP contribution in [0, 0.1) is 10.1 Å². The van der Waals surface area contributed by atoms with E-state index in [1.807, 2.05) is 23.6 Å². The Morgan fingerprint density at radius 1 is 1.21 bits per heavy atom. The number of nitro groups is 1. The van der Waals surface area contributed by atoms with E-state index < -0.39 is 4.92 Å². The van der Waals surface area contributed by atoms with E-state index in [9.17, 15) is 14.9 Å². The third-order valence-corrected chi connectivity index (χ3v) is 5.45. The van der Waals surface area contributed by atoms with E-state index in [0.29, 0.717) is 22.5 Å². The van der Waals surface area contributed by atoms with Gasteiger partial charge in [0.05, 0.1) is 21.4 Å². The molecule has 8 nitrogen and oxygen atoms in total. The van der Waals surface area contributed by atoms with E-state index in [-0.39, 0.29) is 28.1 Å². The summed E-state index contributed by atoms with van der Waals surface area (Å²) in [5.41, 5.74) is 0.893. The van der Waals surface area contributed by atoms with E-state index in [0.717, 1.165) is 5.56 Å². The molecule has 29 heavy (non-hydrogen) atoms. The number of hydrogen-bond acceptors (Lipinski definition) is 6. The predicted octanol–water partition coefficient (Wildman–Crippen LogP) is 4.91. The maximum absolute atomic E-state index is 12.3. The van der Waals surface area contributed by atoms with Crippen LogP contribution in [-0.2, 0) is 11.3 Å². The lowest BCUT2D eigenvalue weighted by Crippen LogP contribution is -2.15. The molecule has 0 radical (unpaired) electrons. The fraction of sp³-hybridized carbons (Fsp3) is 0.167. The van der Waals surface area contributed by atoms with Crippen LogP contribution in [0.25, 0.3) is 11.4 Å². The lowest BCUT2D eigenvalue weighted by atomic mass is 10.2. The number of anilines is 1. The van der Waals surface area contributed by atoms with Crippen LogP contribution in [0.3, 0.4) is 0 Å². The Labute approximate surface area is 180 Å². The monoisotopic (exact) mass is 451 g/mol. The minimum Gasteiger partial charge on any atom is -0.324 e. The molecule has 0 aliphatic heterocycles. The standard InChI is InChI=1S/C18H15Cl2N5O3S/c1-2-24-17(11-3-5-12(19)6-4-11)22-23-18(24)29-10-16(26)21-15-9-13(25(27)28)7-8-14(15)20/h3-9H,2,10H2,1H3,(H,21,26). The Balaban J connectivity index is 1.70. The van der Waals surface area contributed by atoms with Gasteiger partial charge in [-0.25, -0.2) is 0 Å². The molecular formula is C18H15Cl2N5O3S. The number of aromatic nitrogens is 3. The highest BCUT2D eigenvalue weighted by Crippen LogP contribution is 2.28. The maximum Gasteiger partial charge on any atom is 0.271 e. The van der Waals surface area contributed by atoms with E-state index >= 15 is 0 Å². The zero-order valence-electron chi connectivity index (χ0n) is 15.1. The number of amides is 1. The number of benzene rings is 2. The number of nitro benzene ring substituents is 1. The average Bonchev–Trinajstić information content (AvgIpc) is 3.11. The van der Waals surface area contributed by atoms with Gasteiger partial charge in [0.15, 0.2) is 11.0 Å². The molecule has 1 amide bonds. The fourth-order valence-electron chi connectivity index (χ4n) is 2.53. The molecule has 0 atom stereocenters. The number of nitrogens with zero attached hydrogens (tertiary/aromatic N) is 4. The lowest BCUT2D eigenvalue weighted by molar-refractivity contribution is -0.384. The van der Waals surface area contributed by atoms with Crippen LogP contribution in [0.15, 0.2) is 47.6 Å². The minimum absolute atomic E-state index is 0.0395. The van der Waals surface area contributed by atoms with Crippen molar-refractivity contribution in [1.82, 2.24) is 14.8 Å². The predicted molar refractivity (Wildman–Crippen MR) is 114 cm³/mol. The van der Waals surface area contributed by atoms with Crippen LogP contribution in [0.2, 0.25) is 10.0 Å². The highest BCUT2D eigenvalue weighted by atomic mass is 35.5. The molecule has 1 aromatic heterocycles. The van der Waals surface area contributed by atoms with Crippen molar-refractivity contribution >= 4 is 52.2 Å². The number of nitrogens with one attached hydrogen (secondary N) is 1. The Kier molecular flexibility index (Phi) is 6.73. The number of hydrogen-bond donors (Lipinski definition) is 1. The third kappa shape index (κ3) is 5.06. The molecule has 3 aromatic rings. The van der Waals surface area contributed by atoms with Crippen LogP contribution < -0.4 is 5.32 Å². The molecule has 0 fully saturated rings. The Bertz CT molecular complexity index is 1060. The summed E-state index contributed by atoms with van der Waals surface area (Å²) in [5, 5.41) is 23.3. The van der Waals surface area contributed by atoms with Gasteiger partial charge in [-0.1, -0.05) is 35.0 Å². The van der Waals surface area contributed by atoms with Crippen LogP contribution in [0.1, 0.15) is 6.92 Å². The largest absolute Gasteiger partial charge is 0.324 e. The third-order valence-electron chi connectivity index (χ3n) is 3.90. The first-order chi connectivity index (χ1) is 13.9. The van der Waals surface area contributed by atoms with Gasteiger partial charge in [0.25, 0.3) is 5.69 Å². The van der Waals surface area contributed by atoms with Crippen molar-refractivity contribution in [3.8, 4) is 11.4 Å². The average molecular weight is 452 g/mol. The number of non-ortho nitro benzene ring substituents is 1. The van der Waals surface area contributed by atoms with E-state index in [1.54, 1.807) is 12.1 Å². The molecule has 0 spiro atoms. The highest BCUT2D eigenvalue weighted by molar-refractivity contribution is 7.99. The van der Waals surface area contributed by atoms with Gasteiger partial charge in [-0.15, -0.1) is 10.2 Å². The number of rotatable bonds is 7. The van der Waals surface area contributed by atoms with Crippen molar-refractivity contribution in [3.63, 3.8) is 0 Å². The molecule has 0 saturated heterocycles. The minimum atomic E-state index is -0.553. The number of thioether (sulfide) groups is 1. The van der Waals surface area contributed by atoms with E-state index in [1.165, 1.54) is 30.0 Å². The second-order valence-corrected chi connectivity index (χ2v) is 7.60. The van der Waals surface area contributed by atoms with Gasteiger partial charge in [0.2, 0.25) is 5.91 Å². The van der Waals surface area contributed by atoms with E-state index in [2.05, 4.69) is 15.5 Å².